The smallest absolute Gasteiger partial charge is 0.187 e. The van der Waals surface area contributed by atoms with Crippen molar-refractivity contribution in [2.24, 2.45) is 0 Å². The van der Waals surface area contributed by atoms with Gasteiger partial charge in [-0.25, -0.2) is 0 Å². The lowest BCUT2D eigenvalue weighted by atomic mass is 9.96. The number of hydrogen-bond donors (Lipinski definition) is 0. The van der Waals surface area contributed by atoms with Crippen LogP contribution in [0.25, 0.3) is 17.2 Å². The van der Waals surface area contributed by atoms with Crippen LogP contribution < -0.4 is 4.90 Å². The van der Waals surface area contributed by atoms with E-state index < -0.39 is 0 Å². The van der Waals surface area contributed by atoms with Gasteiger partial charge in [-0.3, -0.25) is 4.79 Å². The van der Waals surface area contributed by atoms with E-state index in [0.29, 0.717) is 0 Å². The SMILES string of the molecule is Cc1ccccc1-c1ccc(N(C)CCCN(C)C)c(C(=O)/C=C/c2ccccc2CN(C)C)c1. The van der Waals surface area contributed by atoms with Gasteiger partial charge in [-0.2, -0.15) is 0 Å². The average molecular weight is 470 g/mol. The molecule has 0 aliphatic carbocycles. The third-order valence-electron chi connectivity index (χ3n) is 6.18. The van der Waals surface area contributed by atoms with Gasteiger partial charge in [0.15, 0.2) is 5.78 Å². The van der Waals surface area contributed by atoms with E-state index in [-0.39, 0.29) is 5.78 Å². The first kappa shape index (κ1) is 26.4. The van der Waals surface area contributed by atoms with Crippen molar-refractivity contribution in [2.45, 2.75) is 19.9 Å². The van der Waals surface area contributed by atoms with Crippen molar-refractivity contribution >= 4 is 17.5 Å². The van der Waals surface area contributed by atoms with Gasteiger partial charge in [-0.15, -0.1) is 0 Å². The maximum atomic E-state index is 13.6. The highest BCUT2D eigenvalue weighted by atomic mass is 16.1. The summed E-state index contributed by atoms with van der Waals surface area (Å²) < 4.78 is 0. The molecule has 0 unspecified atom stereocenters. The maximum absolute atomic E-state index is 13.6. The highest BCUT2D eigenvalue weighted by Gasteiger charge is 2.15. The number of benzene rings is 3. The summed E-state index contributed by atoms with van der Waals surface area (Å²) in [4.78, 5) is 20.1. The number of anilines is 1. The Hall–Kier alpha value is -3.21. The number of rotatable bonds is 11. The van der Waals surface area contributed by atoms with E-state index in [4.69, 9.17) is 0 Å². The Morgan fingerprint density at radius 3 is 2.26 bits per heavy atom. The molecule has 0 fully saturated rings. The number of allylic oxidation sites excluding steroid dienone is 1. The number of aryl methyl sites for hydroxylation is 1. The van der Waals surface area contributed by atoms with Gasteiger partial charge in [0.25, 0.3) is 0 Å². The average Bonchev–Trinajstić information content (AvgIpc) is 2.82. The van der Waals surface area contributed by atoms with Crippen molar-refractivity contribution in [3.63, 3.8) is 0 Å². The minimum Gasteiger partial charge on any atom is -0.374 e. The summed E-state index contributed by atoms with van der Waals surface area (Å²) in [5, 5.41) is 0. The monoisotopic (exact) mass is 469 g/mol. The highest BCUT2D eigenvalue weighted by molar-refractivity contribution is 6.11. The number of nitrogens with zero attached hydrogens (tertiary/aromatic N) is 3. The Bertz CT molecular complexity index is 1160. The highest BCUT2D eigenvalue weighted by Crippen LogP contribution is 2.30. The molecule has 3 aromatic carbocycles. The van der Waals surface area contributed by atoms with Crippen molar-refractivity contribution in [1.82, 2.24) is 9.80 Å². The van der Waals surface area contributed by atoms with E-state index in [1.54, 1.807) is 6.08 Å². The van der Waals surface area contributed by atoms with Gasteiger partial charge in [0.2, 0.25) is 0 Å². The summed E-state index contributed by atoms with van der Waals surface area (Å²) in [6.07, 6.45) is 4.71. The Balaban J connectivity index is 1.96. The normalized spacial score (nSPS) is 11.5. The zero-order chi connectivity index (χ0) is 25.4. The third-order valence-corrected chi connectivity index (χ3v) is 6.18. The molecule has 0 atom stereocenters. The first-order valence-corrected chi connectivity index (χ1v) is 12.3. The molecule has 0 aromatic heterocycles. The van der Waals surface area contributed by atoms with Gasteiger partial charge in [-0.05, 0) is 94.1 Å². The Labute approximate surface area is 211 Å². The molecule has 0 heterocycles. The molecule has 0 aliphatic rings. The number of carbonyl (C=O) groups excluding carboxylic acids is 1. The quantitative estimate of drug-likeness (QED) is 0.254. The van der Waals surface area contributed by atoms with Crippen LogP contribution in [0.5, 0.6) is 0 Å². The van der Waals surface area contributed by atoms with Crippen molar-refractivity contribution in [3.8, 4) is 11.1 Å². The van der Waals surface area contributed by atoms with Crippen molar-refractivity contribution in [2.75, 3.05) is 53.2 Å². The molecule has 0 aliphatic heterocycles. The fourth-order valence-corrected chi connectivity index (χ4v) is 4.31. The molecule has 0 N–H and O–H groups in total. The van der Waals surface area contributed by atoms with E-state index in [2.05, 4.69) is 99.3 Å². The van der Waals surface area contributed by atoms with Gasteiger partial charge in [-0.1, -0.05) is 60.7 Å². The lowest BCUT2D eigenvalue weighted by molar-refractivity contribution is 0.104. The molecule has 184 valence electrons. The van der Waals surface area contributed by atoms with Crippen LogP contribution >= 0.6 is 0 Å². The van der Waals surface area contributed by atoms with Crippen LogP contribution in [0, 0.1) is 6.92 Å². The second-order valence-electron chi connectivity index (χ2n) is 9.76. The number of carbonyl (C=O) groups is 1. The molecular formula is C31H39N3O. The van der Waals surface area contributed by atoms with E-state index in [1.165, 1.54) is 11.1 Å². The lowest BCUT2D eigenvalue weighted by Gasteiger charge is -2.23. The summed E-state index contributed by atoms with van der Waals surface area (Å²) >= 11 is 0. The molecule has 0 bridgehead atoms. The van der Waals surface area contributed by atoms with Gasteiger partial charge in [0.05, 0.1) is 0 Å². The first-order chi connectivity index (χ1) is 16.8. The van der Waals surface area contributed by atoms with E-state index in [1.807, 2.05) is 30.3 Å². The standard InChI is InChI=1S/C31H39N3O/c1-24-12-7-10-15-28(24)26-16-18-30(34(6)21-11-20-32(2)3)29(22-26)31(35)19-17-25-13-8-9-14-27(25)23-33(4)5/h7-10,12-19,22H,11,20-21,23H2,1-6H3/b19-17+. The minimum absolute atomic E-state index is 0.0227. The fraction of sp³-hybridized carbons (Fsp3) is 0.323. The largest absolute Gasteiger partial charge is 0.374 e. The molecule has 35 heavy (non-hydrogen) atoms. The summed E-state index contributed by atoms with van der Waals surface area (Å²) in [5.74, 6) is 0.0227. The first-order valence-electron chi connectivity index (χ1n) is 12.3. The van der Waals surface area contributed by atoms with E-state index >= 15 is 0 Å². The van der Waals surface area contributed by atoms with Gasteiger partial charge in [0, 0.05) is 31.4 Å². The van der Waals surface area contributed by atoms with Crippen molar-refractivity contribution in [1.29, 1.82) is 0 Å². The zero-order valence-electron chi connectivity index (χ0n) is 22.1. The summed E-state index contributed by atoms with van der Waals surface area (Å²) in [6, 6.07) is 22.9. The predicted octanol–water partition coefficient (Wildman–Crippen LogP) is 6.01. The van der Waals surface area contributed by atoms with Crippen LogP contribution in [0.1, 0.15) is 33.5 Å². The molecule has 0 saturated heterocycles. The summed E-state index contributed by atoms with van der Waals surface area (Å²) in [5.41, 5.74) is 7.41. The predicted molar refractivity (Wildman–Crippen MR) is 150 cm³/mol. The van der Waals surface area contributed by atoms with Crippen LogP contribution in [0.3, 0.4) is 0 Å². The molecule has 0 amide bonds. The molecule has 4 heteroatoms. The van der Waals surface area contributed by atoms with Crippen LogP contribution in [0.15, 0.2) is 72.8 Å². The zero-order valence-corrected chi connectivity index (χ0v) is 22.1. The Kier molecular flexibility index (Phi) is 9.41. The van der Waals surface area contributed by atoms with Gasteiger partial charge < -0.3 is 14.7 Å². The molecule has 3 rings (SSSR count). The molecule has 3 aromatic rings. The van der Waals surface area contributed by atoms with Crippen LogP contribution in [0.2, 0.25) is 0 Å². The summed E-state index contributed by atoms with van der Waals surface area (Å²) in [7, 11) is 10.4. The number of ketones is 1. The van der Waals surface area contributed by atoms with E-state index in [9.17, 15) is 4.79 Å². The minimum atomic E-state index is 0.0227. The molecule has 0 spiro atoms. The van der Waals surface area contributed by atoms with Gasteiger partial charge in [0.1, 0.15) is 0 Å². The maximum Gasteiger partial charge on any atom is 0.187 e. The van der Waals surface area contributed by atoms with Crippen molar-refractivity contribution in [3.05, 3.63) is 95.1 Å². The molecule has 4 nitrogen and oxygen atoms in total. The van der Waals surface area contributed by atoms with Crippen LogP contribution in [-0.4, -0.2) is 63.9 Å². The second-order valence-corrected chi connectivity index (χ2v) is 9.76. The fourth-order valence-electron chi connectivity index (χ4n) is 4.31. The molecule has 0 saturated carbocycles. The lowest BCUT2D eigenvalue weighted by Crippen LogP contribution is -2.24. The second kappa shape index (κ2) is 12.5. The topological polar surface area (TPSA) is 26.8 Å². The van der Waals surface area contributed by atoms with Crippen molar-refractivity contribution < 1.29 is 4.79 Å². The Morgan fingerprint density at radius 2 is 1.54 bits per heavy atom. The summed E-state index contributed by atoms with van der Waals surface area (Å²) in [6.45, 7) is 4.84. The third kappa shape index (κ3) is 7.38. The van der Waals surface area contributed by atoms with Crippen LogP contribution in [0.4, 0.5) is 5.69 Å². The molecular weight excluding hydrogens is 430 g/mol. The Morgan fingerprint density at radius 1 is 0.829 bits per heavy atom. The number of hydrogen-bond acceptors (Lipinski definition) is 4. The van der Waals surface area contributed by atoms with Crippen LogP contribution in [-0.2, 0) is 6.54 Å². The van der Waals surface area contributed by atoms with Gasteiger partial charge >= 0.3 is 0 Å². The van der Waals surface area contributed by atoms with E-state index in [0.717, 1.165) is 54.0 Å². The molecule has 0 radical (unpaired) electrons.